The molecule has 128 valence electrons. The number of nitrogens with two attached hydrogens (primary N) is 1. The Hall–Kier alpha value is -2.88. The van der Waals surface area contributed by atoms with Crippen molar-refractivity contribution in [2.24, 2.45) is 5.73 Å². The highest BCUT2D eigenvalue weighted by atomic mass is 79.9. The molecule has 0 spiro atoms. The van der Waals surface area contributed by atoms with E-state index in [-0.39, 0.29) is 12.2 Å². The van der Waals surface area contributed by atoms with E-state index in [1.165, 1.54) is 4.68 Å². The second kappa shape index (κ2) is 6.93. The molecule has 25 heavy (non-hydrogen) atoms. The summed E-state index contributed by atoms with van der Waals surface area (Å²) in [5.74, 6) is -2.48. The summed E-state index contributed by atoms with van der Waals surface area (Å²) in [6.07, 6.45) is 0. The number of benzene rings is 2. The lowest BCUT2D eigenvalue weighted by atomic mass is 10.1. The summed E-state index contributed by atoms with van der Waals surface area (Å²) in [5, 5.41) is 14.1. The number of hydrogen-bond donors (Lipinski definition) is 2. The molecule has 0 atom stereocenters. The molecule has 0 bridgehead atoms. The van der Waals surface area contributed by atoms with Crippen molar-refractivity contribution in [1.29, 1.82) is 0 Å². The lowest BCUT2D eigenvalue weighted by molar-refractivity contribution is 0.0996. The lowest BCUT2D eigenvalue weighted by Gasteiger charge is -2.10. The van der Waals surface area contributed by atoms with E-state index in [1.54, 1.807) is 6.07 Å². The van der Waals surface area contributed by atoms with Gasteiger partial charge in [0.2, 0.25) is 0 Å². The van der Waals surface area contributed by atoms with Crippen molar-refractivity contribution >= 4 is 27.5 Å². The first-order valence-electron chi connectivity index (χ1n) is 7.02. The van der Waals surface area contributed by atoms with Crippen LogP contribution in [0.25, 0.3) is 5.69 Å². The lowest BCUT2D eigenvalue weighted by Crippen LogP contribution is -2.15. The second-order valence-corrected chi connectivity index (χ2v) is 5.84. The van der Waals surface area contributed by atoms with Gasteiger partial charge in [0.15, 0.2) is 5.82 Å². The minimum absolute atomic E-state index is 0.0368. The van der Waals surface area contributed by atoms with Gasteiger partial charge in [0.05, 0.1) is 23.5 Å². The maximum atomic E-state index is 13.9. The third-order valence-corrected chi connectivity index (χ3v) is 4.04. The molecule has 0 saturated heterocycles. The average Bonchev–Trinajstić information content (AvgIpc) is 3.02. The van der Waals surface area contributed by atoms with Gasteiger partial charge in [-0.15, -0.1) is 5.10 Å². The topological polar surface area (TPSA) is 98.7 Å². The summed E-state index contributed by atoms with van der Waals surface area (Å²) in [6, 6.07) is 8.90. The molecule has 3 rings (SSSR count). The molecule has 1 aromatic heterocycles. The van der Waals surface area contributed by atoms with Crippen LogP contribution < -0.4 is 11.1 Å². The fourth-order valence-corrected chi connectivity index (χ4v) is 2.63. The standard InChI is InChI=1S/C15H11BrF2N6O/c16-9-3-1-2-4-13(9)24-14(21-22-23-24)7-20-12-5-8(15(19)25)10(17)6-11(12)18/h1-6,20H,7H2,(H2,19,25). The molecule has 0 saturated carbocycles. The number of para-hydroxylation sites is 1. The summed E-state index contributed by atoms with van der Waals surface area (Å²) < 4.78 is 29.6. The molecule has 0 radical (unpaired) electrons. The minimum atomic E-state index is -1.02. The molecule has 1 heterocycles. The van der Waals surface area contributed by atoms with E-state index < -0.39 is 23.1 Å². The monoisotopic (exact) mass is 408 g/mol. The van der Waals surface area contributed by atoms with E-state index in [0.29, 0.717) is 17.6 Å². The van der Waals surface area contributed by atoms with E-state index in [4.69, 9.17) is 5.73 Å². The number of rotatable bonds is 5. The molecule has 10 heteroatoms. The van der Waals surface area contributed by atoms with Gasteiger partial charge in [-0.2, -0.15) is 4.68 Å². The zero-order valence-corrected chi connectivity index (χ0v) is 14.2. The number of hydrogen-bond acceptors (Lipinski definition) is 5. The summed E-state index contributed by atoms with van der Waals surface area (Å²) in [7, 11) is 0. The Balaban J connectivity index is 1.87. The van der Waals surface area contributed by atoms with E-state index >= 15 is 0 Å². The van der Waals surface area contributed by atoms with E-state index in [0.717, 1.165) is 10.5 Å². The van der Waals surface area contributed by atoms with Gasteiger partial charge in [0, 0.05) is 10.5 Å². The molecule has 1 amide bonds. The molecule has 0 fully saturated rings. The van der Waals surface area contributed by atoms with Crippen LogP contribution in [0.1, 0.15) is 16.2 Å². The van der Waals surface area contributed by atoms with Gasteiger partial charge in [0.1, 0.15) is 11.6 Å². The highest BCUT2D eigenvalue weighted by Crippen LogP contribution is 2.22. The summed E-state index contributed by atoms with van der Waals surface area (Å²) in [4.78, 5) is 11.2. The van der Waals surface area contributed by atoms with Crippen LogP contribution in [-0.2, 0) is 6.54 Å². The number of anilines is 1. The van der Waals surface area contributed by atoms with E-state index in [2.05, 4.69) is 36.8 Å². The van der Waals surface area contributed by atoms with Crippen molar-refractivity contribution in [3.63, 3.8) is 0 Å². The Morgan fingerprint density at radius 2 is 2.00 bits per heavy atom. The molecular formula is C15H11BrF2N6O. The SMILES string of the molecule is NC(=O)c1cc(NCc2nnnn2-c2ccccc2Br)c(F)cc1F. The predicted octanol–water partition coefficient (Wildman–Crippen LogP) is 2.41. The van der Waals surface area contributed by atoms with Crippen molar-refractivity contribution in [3.05, 3.63) is 63.9 Å². The number of primary amides is 1. The maximum absolute atomic E-state index is 13.9. The fraction of sp³-hybridized carbons (Fsp3) is 0.0667. The van der Waals surface area contributed by atoms with Gasteiger partial charge in [0.25, 0.3) is 5.91 Å². The number of carbonyl (C=O) groups is 1. The molecular weight excluding hydrogens is 398 g/mol. The van der Waals surface area contributed by atoms with Crippen molar-refractivity contribution in [1.82, 2.24) is 20.2 Å². The molecule has 7 nitrogen and oxygen atoms in total. The molecule has 0 aliphatic rings. The molecule has 3 N–H and O–H groups in total. The molecule has 0 unspecified atom stereocenters. The van der Waals surface area contributed by atoms with Crippen LogP contribution in [0.2, 0.25) is 0 Å². The van der Waals surface area contributed by atoms with Crippen LogP contribution in [0.3, 0.4) is 0 Å². The van der Waals surface area contributed by atoms with Crippen molar-refractivity contribution < 1.29 is 13.6 Å². The Morgan fingerprint density at radius 1 is 1.24 bits per heavy atom. The number of halogens is 3. The Kier molecular flexibility index (Phi) is 4.70. The van der Waals surface area contributed by atoms with Crippen LogP contribution >= 0.6 is 15.9 Å². The number of nitrogens with zero attached hydrogens (tertiary/aromatic N) is 4. The fourth-order valence-electron chi connectivity index (χ4n) is 2.17. The summed E-state index contributed by atoms with van der Waals surface area (Å²) >= 11 is 3.40. The Bertz CT molecular complexity index is 946. The van der Waals surface area contributed by atoms with Gasteiger partial charge < -0.3 is 11.1 Å². The van der Waals surface area contributed by atoms with Crippen molar-refractivity contribution in [2.45, 2.75) is 6.54 Å². The smallest absolute Gasteiger partial charge is 0.251 e. The Labute approximate surface area is 149 Å². The second-order valence-electron chi connectivity index (χ2n) is 4.99. The predicted molar refractivity (Wildman–Crippen MR) is 89.1 cm³/mol. The number of carbonyl (C=O) groups excluding carboxylic acids is 1. The highest BCUT2D eigenvalue weighted by Gasteiger charge is 2.15. The maximum Gasteiger partial charge on any atom is 0.251 e. The van der Waals surface area contributed by atoms with Gasteiger partial charge in [-0.05, 0) is 44.6 Å². The van der Waals surface area contributed by atoms with Gasteiger partial charge >= 0.3 is 0 Å². The number of nitrogens with one attached hydrogen (secondary N) is 1. The zero-order chi connectivity index (χ0) is 18.0. The largest absolute Gasteiger partial charge is 0.375 e. The van der Waals surface area contributed by atoms with E-state index in [1.807, 2.05) is 18.2 Å². The third kappa shape index (κ3) is 3.48. The number of tetrazole rings is 1. The normalized spacial score (nSPS) is 10.7. The minimum Gasteiger partial charge on any atom is -0.375 e. The van der Waals surface area contributed by atoms with Crippen LogP contribution in [-0.4, -0.2) is 26.1 Å². The Morgan fingerprint density at radius 3 is 2.72 bits per heavy atom. The number of amides is 1. The van der Waals surface area contributed by atoms with Crippen LogP contribution in [0.4, 0.5) is 14.5 Å². The van der Waals surface area contributed by atoms with Crippen molar-refractivity contribution in [2.75, 3.05) is 5.32 Å². The first-order valence-corrected chi connectivity index (χ1v) is 7.81. The number of aromatic nitrogens is 4. The molecule has 2 aromatic carbocycles. The van der Waals surface area contributed by atoms with Crippen LogP contribution in [0.15, 0.2) is 40.9 Å². The molecule has 0 aliphatic heterocycles. The average molecular weight is 409 g/mol. The van der Waals surface area contributed by atoms with Gasteiger partial charge in [-0.25, -0.2) is 8.78 Å². The first kappa shape index (κ1) is 17.0. The van der Waals surface area contributed by atoms with E-state index in [9.17, 15) is 13.6 Å². The summed E-state index contributed by atoms with van der Waals surface area (Å²) in [6.45, 7) is 0.0368. The van der Waals surface area contributed by atoms with Crippen LogP contribution in [0.5, 0.6) is 0 Å². The third-order valence-electron chi connectivity index (χ3n) is 3.37. The summed E-state index contributed by atoms with van der Waals surface area (Å²) in [5.41, 5.74) is 5.27. The quantitative estimate of drug-likeness (QED) is 0.675. The van der Waals surface area contributed by atoms with Crippen molar-refractivity contribution in [3.8, 4) is 5.69 Å². The zero-order valence-electron chi connectivity index (χ0n) is 12.6. The van der Waals surface area contributed by atoms with Gasteiger partial charge in [-0.1, -0.05) is 12.1 Å². The molecule has 0 aliphatic carbocycles. The van der Waals surface area contributed by atoms with Crippen LogP contribution in [0, 0.1) is 11.6 Å². The first-order chi connectivity index (χ1) is 12.0. The van der Waals surface area contributed by atoms with Gasteiger partial charge in [-0.3, -0.25) is 4.79 Å². The molecule has 3 aromatic rings. The highest BCUT2D eigenvalue weighted by molar-refractivity contribution is 9.10.